The molecule has 68 valence electrons. The van der Waals surface area contributed by atoms with Crippen LogP contribution in [0.2, 0.25) is 0 Å². The Labute approximate surface area is 80.8 Å². The fourth-order valence-electron chi connectivity index (χ4n) is 1.24. The van der Waals surface area contributed by atoms with Crippen molar-refractivity contribution < 1.29 is 4.74 Å². The zero-order valence-corrected chi connectivity index (χ0v) is 7.56. The number of fused-ring (bicyclic) bond motifs is 1. The Morgan fingerprint density at radius 2 is 2.29 bits per heavy atom. The molecule has 4 heteroatoms. The Balaban J connectivity index is 2.75. The summed E-state index contributed by atoms with van der Waals surface area (Å²) in [5.41, 5.74) is 1.21. The molecule has 0 aliphatic heterocycles. The van der Waals surface area contributed by atoms with Gasteiger partial charge < -0.3 is 4.74 Å². The first-order chi connectivity index (χ1) is 6.85. The summed E-state index contributed by atoms with van der Waals surface area (Å²) in [6.07, 6.45) is 3.14. The molecule has 14 heavy (non-hydrogen) atoms. The molecular weight excluding hydrogens is 178 g/mol. The van der Waals surface area contributed by atoms with Crippen molar-refractivity contribution >= 4 is 10.9 Å². The van der Waals surface area contributed by atoms with Gasteiger partial charge in [0.15, 0.2) is 0 Å². The van der Waals surface area contributed by atoms with Crippen molar-refractivity contribution in [3.63, 3.8) is 0 Å². The number of nitriles is 1. The summed E-state index contributed by atoms with van der Waals surface area (Å²) < 4.78 is 5.04. The molecule has 4 nitrogen and oxygen atoms in total. The van der Waals surface area contributed by atoms with Gasteiger partial charge in [-0.15, -0.1) is 0 Å². The highest BCUT2D eigenvalue weighted by Crippen LogP contribution is 2.20. The van der Waals surface area contributed by atoms with Crippen LogP contribution in [0.3, 0.4) is 0 Å². The van der Waals surface area contributed by atoms with Crippen LogP contribution in [-0.2, 0) is 0 Å². The summed E-state index contributed by atoms with van der Waals surface area (Å²) in [5.74, 6) is 0.479. The number of pyridine rings is 2. The summed E-state index contributed by atoms with van der Waals surface area (Å²) in [6, 6.07) is 5.59. The van der Waals surface area contributed by atoms with E-state index in [0.717, 1.165) is 5.39 Å². The Morgan fingerprint density at radius 3 is 3.00 bits per heavy atom. The fourth-order valence-corrected chi connectivity index (χ4v) is 1.24. The Hall–Kier alpha value is -2.15. The minimum atomic E-state index is 0.479. The monoisotopic (exact) mass is 185 g/mol. The van der Waals surface area contributed by atoms with E-state index in [4.69, 9.17) is 10.00 Å². The lowest BCUT2D eigenvalue weighted by Crippen LogP contribution is -1.91. The third kappa shape index (κ3) is 1.25. The molecule has 0 N–H and O–H groups in total. The van der Waals surface area contributed by atoms with Crippen molar-refractivity contribution in [3.05, 3.63) is 30.1 Å². The highest BCUT2D eigenvalue weighted by Gasteiger charge is 2.03. The molecule has 2 aromatic rings. The van der Waals surface area contributed by atoms with E-state index in [1.807, 2.05) is 6.07 Å². The van der Waals surface area contributed by atoms with Crippen molar-refractivity contribution in [2.75, 3.05) is 7.11 Å². The summed E-state index contributed by atoms with van der Waals surface area (Å²) in [6.45, 7) is 0. The second kappa shape index (κ2) is 3.30. The lowest BCUT2D eigenvalue weighted by atomic mass is 10.2. The maximum atomic E-state index is 8.69. The predicted molar refractivity (Wildman–Crippen MR) is 50.8 cm³/mol. The van der Waals surface area contributed by atoms with Gasteiger partial charge in [-0.25, -0.2) is 9.97 Å². The summed E-state index contributed by atoms with van der Waals surface area (Å²) in [4.78, 5) is 8.13. The van der Waals surface area contributed by atoms with E-state index >= 15 is 0 Å². The van der Waals surface area contributed by atoms with Gasteiger partial charge >= 0.3 is 0 Å². The van der Waals surface area contributed by atoms with Crippen molar-refractivity contribution in [1.82, 2.24) is 9.97 Å². The standard InChI is InChI=1S/C10H7N3O/c1-14-10-9-8(2-3-12-10)4-7(5-11)6-13-9/h2-4,6H,1H3. The zero-order chi connectivity index (χ0) is 9.97. The van der Waals surface area contributed by atoms with Gasteiger partial charge in [0.2, 0.25) is 5.88 Å². The van der Waals surface area contributed by atoms with Gasteiger partial charge in [-0.1, -0.05) is 0 Å². The van der Waals surface area contributed by atoms with E-state index in [1.54, 1.807) is 25.4 Å². The van der Waals surface area contributed by atoms with Crippen LogP contribution < -0.4 is 4.74 Å². The number of hydrogen-bond acceptors (Lipinski definition) is 4. The second-order valence-corrected chi connectivity index (χ2v) is 2.73. The molecule has 0 amide bonds. The average molecular weight is 185 g/mol. The van der Waals surface area contributed by atoms with Crippen molar-refractivity contribution in [3.8, 4) is 11.9 Å². The Morgan fingerprint density at radius 1 is 1.43 bits per heavy atom. The van der Waals surface area contributed by atoms with E-state index in [9.17, 15) is 0 Å². The highest BCUT2D eigenvalue weighted by molar-refractivity contribution is 5.83. The van der Waals surface area contributed by atoms with Gasteiger partial charge in [-0.2, -0.15) is 5.26 Å². The number of aromatic nitrogens is 2. The minimum absolute atomic E-state index is 0.479. The Bertz CT molecular complexity index is 516. The first-order valence-corrected chi connectivity index (χ1v) is 4.04. The van der Waals surface area contributed by atoms with Gasteiger partial charge in [-0.05, 0) is 12.1 Å². The van der Waals surface area contributed by atoms with Crippen LogP contribution in [0.4, 0.5) is 0 Å². The van der Waals surface area contributed by atoms with Crippen LogP contribution in [0.5, 0.6) is 5.88 Å². The quantitative estimate of drug-likeness (QED) is 0.675. The SMILES string of the molecule is COc1nccc2cc(C#N)cnc12. The third-order valence-corrected chi connectivity index (χ3v) is 1.89. The maximum Gasteiger partial charge on any atom is 0.240 e. The lowest BCUT2D eigenvalue weighted by molar-refractivity contribution is 0.402. The van der Waals surface area contributed by atoms with E-state index in [-0.39, 0.29) is 0 Å². The van der Waals surface area contributed by atoms with Crippen molar-refractivity contribution in [1.29, 1.82) is 5.26 Å². The third-order valence-electron chi connectivity index (χ3n) is 1.89. The summed E-state index contributed by atoms with van der Waals surface area (Å²) >= 11 is 0. The van der Waals surface area contributed by atoms with Crippen LogP contribution in [0, 0.1) is 11.3 Å². The van der Waals surface area contributed by atoms with Gasteiger partial charge in [0.25, 0.3) is 0 Å². The molecule has 0 aromatic carbocycles. The molecule has 0 aliphatic carbocycles. The molecule has 0 unspecified atom stereocenters. The van der Waals surface area contributed by atoms with Gasteiger partial charge in [0.05, 0.1) is 12.7 Å². The van der Waals surface area contributed by atoms with Crippen LogP contribution in [0.15, 0.2) is 24.5 Å². The minimum Gasteiger partial charge on any atom is -0.479 e. The molecule has 0 saturated heterocycles. The normalized spacial score (nSPS) is 9.71. The number of hydrogen-bond donors (Lipinski definition) is 0. The second-order valence-electron chi connectivity index (χ2n) is 2.73. The fraction of sp³-hybridized carbons (Fsp3) is 0.100. The van der Waals surface area contributed by atoms with Gasteiger partial charge in [0.1, 0.15) is 11.6 Å². The summed E-state index contributed by atoms with van der Waals surface area (Å²) in [5, 5.41) is 9.54. The van der Waals surface area contributed by atoms with E-state index < -0.39 is 0 Å². The molecule has 0 saturated carbocycles. The van der Waals surface area contributed by atoms with Crippen molar-refractivity contribution in [2.24, 2.45) is 0 Å². The molecule has 2 heterocycles. The number of ether oxygens (including phenoxy) is 1. The maximum absolute atomic E-state index is 8.69. The Kier molecular flexibility index (Phi) is 1.99. The first kappa shape index (κ1) is 8.45. The molecule has 0 radical (unpaired) electrons. The van der Waals surface area contributed by atoms with Crippen LogP contribution in [0.25, 0.3) is 10.9 Å². The molecule has 0 bridgehead atoms. The van der Waals surface area contributed by atoms with Gasteiger partial charge in [0, 0.05) is 17.8 Å². The number of nitrogens with zero attached hydrogens (tertiary/aromatic N) is 3. The van der Waals surface area contributed by atoms with Crippen LogP contribution in [0.1, 0.15) is 5.56 Å². The average Bonchev–Trinajstić information content (AvgIpc) is 2.27. The lowest BCUT2D eigenvalue weighted by Gasteiger charge is -2.02. The first-order valence-electron chi connectivity index (χ1n) is 4.04. The van der Waals surface area contributed by atoms with E-state index in [2.05, 4.69) is 9.97 Å². The molecular formula is C10H7N3O. The number of methoxy groups -OCH3 is 1. The summed E-state index contributed by atoms with van der Waals surface area (Å²) in [7, 11) is 1.54. The number of rotatable bonds is 1. The van der Waals surface area contributed by atoms with Crippen molar-refractivity contribution in [2.45, 2.75) is 0 Å². The molecule has 2 aromatic heterocycles. The molecule has 0 spiro atoms. The van der Waals surface area contributed by atoms with Gasteiger partial charge in [-0.3, -0.25) is 0 Å². The topological polar surface area (TPSA) is 58.8 Å². The zero-order valence-electron chi connectivity index (χ0n) is 7.56. The molecule has 2 rings (SSSR count). The highest BCUT2D eigenvalue weighted by atomic mass is 16.5. The predicted octanol–water partition coefficient (Wildman–Crippen LogP) is 1.51. The van der Waals surface area contributed by atoms with E-state index in [0.29, 0.717) is 17.0 Å². The molecule has 0 fully saturated rings. The molecule has 0 aliphatic rings. The largest absolute Gasteiger partial charge is 0.479 e. The van der Waals surface area contributed by atoms with E-state index in [1.165, 1.54) is 6.20 Å². The smallest absolute Gasteiger partial charge is 0.240 e. The van der Waals surface area contributed by atoms with Crippen LogP contribution in [-0.4, -0.2) is 17.1 Å². The molecule has 0 atom stereocenters. The van der Waals surface area contributed by atoms with Crippen LogP contribution >= 0.6 is 0 Å².